The van der Waals surface area contributed by atoms with Crippen molar-refractivity contribution in [3.8, 4) is 0 Å². The maximum Gasteiger partial charge on any atom is 0.260 e. The number of amides is 2. The first-order valence-electron chi connectivity index (χ1n) is 7.50. The van der Waals surface area contributed by atoms with Crippen molar-refractivity contribution in [2.24, 2.45) is 0 Å². The highest BCUT2D eigenvalue weighted by molar-refractivity contribution is 5.95. The molecule has 1 saturated heterocycles. The van der Waals surface area contributed by atoms with Crippen LogP contribution in [-0.4, -0.2) is 23.3 Å². The molecule has 0 unspecified atom stereocenters. The molecule has 6 nitrogen and oxygen atoms in total. The summed E-state index contributed by atoms with van der Waals surface area (Å²) in [5.41, 5.74) is 1.46. The zero-order valence-electron chi connectivity index (χ0n) is 12.5. The van der Waals surface area contributed by atoms with Gasteiger partial charge in [0.15, 0.2) is 0 Å². The van der Waals surface area contributed by atoms with E-state index in [1.807, 2.05) is 24.3 Å². The van der Waals surface area contributed by atoms with E-state index in [1.54, 1.807) is 11.0 Å². The van der Waals surface area contributed by atoms with E-state index in [1.165, 1.54) is 12.3 Å². The molecule has 0 spiro atoms. The summed E-state index contributed by atoms with van der Waals surface area (Å²) in [5, 5.41) is 2.71. The minimum absolute atomic E-state index is 0.0896. The van der Waals surface area contributed by atoms with Gasteiger partial charge in [0.25, 0.3) is 11.5 Å². The lowest BCUT2D eigenvalue weighted by molar-refractivity contribution is -0.117. The Morgan fingerprint density at radius 1 is 1.17 bits per heavy atom. The molecule has 0 aliphatic carbocycles. The molecule has 0 bridgehead atoms. The van der Waals surface area contributed by atoms with Crippen molar-refractivity contribution in [2.45, 2.75) is 19.4 Å². The summed E-state index contributed by atoms with van der Waals surface area (Å²) in [7, 11) is 0. The molecule has 1 aromatic carbocycles. The van der Waals surface area contributed by atoms with Gasteiger partial charge in [-0.15, -0.1) is 0 Å². The molecular weight excluding hydrogens is 294 g/mol. The van der Waals surface area contributed by atoms with E-state index >= 15 is 0 Å². The zero-order chi connectivity index (χ0) is 16.2. The fourth-order valence-electron chi connectivity index (χ4n) is 2.59. The molecule has 1 aliphatic heterocycles. The summed E-state index contributed by atoms with van der Waals surface area (Å²) in [5.74, 6) is -0.264. The first-order valence-corrected chi connectivity index (χ1v) is 7.50. The van der Waals surface area contributed by atoms with Crippen LogP contribution in [0.2, 0.25) is 0 Å². The van der Waals surface area contributed by atoms with Crippen LogP contribution in [0.1, 0.15) is 28.8 Å². The van der Waals surface area contributed by atoms with Gasteiger partial charge in [0.1, 0.15) is 5.56 Å². The number of aromatic amines is 1. The van der Waals surface area contributed by atoms with E-state index in [0.717, 1.165) is 24.2 Å². The maximum absolute atomic E-state index is 12.0. The number of H-pyrrole nitrogens is 1. The molecule has 0 radical (unpaired) electrons. The van der Waals surface area contributed by atoms with Crippen molar-refractivity contribution >= 4 is 17.5 Å². The predicted molar refractivity (Wildman–Crippen MR) is 86.3 cm³/mol. The summed E-state index contributed by atoms with van der Waals surface area (Å²) in [6.07, 6.45) is 2.98. The van der Waals surface area contributed by atoms with Crippen molar-refractivity contribution < 1.29 is 9.59 Å². The molecular formula is C17H17N3O3. The Bertz CT molecular complexity index is 780. The van der Waals surface area contributed by atoms with Crippen LogP contribution in [0.4, 0.5) is 5.69 Å². The van der Waals surface area contributed by atoms with Crippen LogP contribution in [0.15, 0.2) is 47.4 Å². The quantitative estimate of drug-likeness (QED) is 0.896. The fraction of sp³-hybridized carbons (Fsp3) is 0.235. The molecule has 1 fully saturated rings. The van der Waals surface area contributed by atoms with Gasteiger partial charge in [-0.3, -0.25) is 14.4 Å². The largest absolute Gasteiger partial charge is 0.348 e. The minimum Gasteiger partial charge on any atom is -0.348 e. The summed E-state index contributed by atoms with van der Waals surface area (Å²) >= 11 is 0. The van der Waals surface area contributed by atoms with Gasteiger partial charge in [0.05, 0.1) is 0 Å². The summed E-state index contributed by atoms with van der Waals surface area (Å²) in [6.45, 7) is 1.08. The lowest BCUT2D eigenvalue weighted by atomic mass is 10.2. The van der Waals surface area contributed by atoms with E-state index in [4.69, 9.17) is 0 Å². The van der Waals surface area contributed by atoms with Crippen molar-refractivity contribution in [3.05, 3.63) is 64.1 Å². The number of nitrogens with zero attached hydrogens (tertiary/aromatic N) is 1. The molecule has 6 heteroatoms. The number of benzene rings is 1. The molecule has 2 N–H and O–H groups in total. The number of hydrogen-bond donors (Lipinski definition) is 2. The Hall–Kier alpha value is -2.89. The van der Waals surface area contributed by atoms with Crippen LogP contribution in [0, 0.1) is 0 Å². The Morgan fingerprint density at radius 3 is 2.61 bits per heavy atom. The first-order chi connectivity index (χ1) is 11.1. The standard InChI is InChI=1S/C17H17N3O3/c21-15-4-2-10-20(15)13-7-5-12(6-8-13)11-19-17(23)14-3-1-9-18-16(14)22/h1,3,5-9H,2,4,10-11H2,(H,18,22)(H,19,23). The van der Waals surface area contributed by atoms with Crippen LogP contribution in [0.3, 0.4) is 0 Å². The highest BCUT2D eigenvalue weighted by Gasteiger charge is 2.21. The molecule has 1 aromatic heterocycles. The van der Waals surface area contributed by atoms with E-state index in [2.05, 4.69) is 10.3 Å². The van der Waals surface area contributed by atoms with Crippen LogP contribution in [0.25, 0.3) is 0 Å². The Kier molecular flexibility index (Phi) is 4.23. The lowest BCUT2D eigenvalue weighted by Crippen LogP contribution is -2.29. The maximum atomic E-state index is 12.0. The normalized spacial score (nSPS) is 14.1. The average molecular weight is 311 g/mol. The number of carbonyl (C=O) groups is 2. The van der Waals surface area contributed by atoms with Crippen molar-refractivity contribution in [1.29, 1.82) is 0 Å². The SMILES string of the molecule is O=C(NCc1ccc(N2CCCC2=O)cc1)c1ccc[nH]c1=O. The Labute approximate surface area is 133 Å². The van der Waals surface area contributed by atoms with E-state index in [-0.39, 0.29) is 11.5 Å². The molecule has 0 saturated carbocycles. The highest BCUT2D eigenvalue weighted by atomic mass is 16.2. The number of anilines is 1. The second-order valence-corrected chi connectivity index (χ2v) is 5.41. The number of nitrogens with one attached hydrogen (secondary N) is 2. The van der Waals surface area contributed by atoms with Crippen molar-refractivity contribution in [3.63, 3.8) is 0 Å². The number of aromatic nitrogens is 1. The smallest absolute Gasteiger partial charge is 0.260 e. The minimum atomic E-state index is -0.411. The van der Waals surface area contributed by atoms with E-state index in [9.17, 15) is 14.4 Å². The monoisotopic (exact) mass is 311 g/mol. The number of hydrogen-bond acceptors (Lipinski definition) is 3. The second-order valence-electron chi connectivity index (χ2n) is 5.41. The summed E-state index contributed by atoms with van der Waals surface area (Å²) < 4.78 is 0. The molecule has 118 valence electrons. The highest BCUT2D eigenvalue weighted by Crippen LogP contribution is 2.21. The van der Waals surface area contributed by atoms with Gasteiger partial charge in [0, 0.05) is 31.4 Å². The van der Waals surface area contributed by atoms with Crippen LogP contribution in [-0.2, 0) is 11.3 Å². The summed E-state index contributed by atoms with van der Waals surface area (Å²) in [6, 6.07) is 10.6. The third-order valence-corrected chi connectivity index (χ3v) is 3.84. The molecule has 2 aromatic rings. The third kappa shape index (κ3) is 3.31. The molecule has 3 rings (SSSR count). The van der Waals surface area contributed by atoms with Gasteiger partial charge in [-0.05, 0) is 36.2 Å². The van der Waals surface area contributed by atoms with Crippen LogP contribution < -0.4 is 15.8 Å². The summed E-state index contributed by atoms with van der Waals surface area (Å²) in [4.78, 5) is 39.5. The van der Waals surface area contributed by atoms with Gasteiger partial charge in [0.2, 0.25) is 5.91 Å². The zero-order valence-corrected chi connectivity index (χ0v) is 12.5. The van der Waals surface area contributed by atoms with Crippen LogP contribution in [0.5, 0.6) is 0 Å². The van der Waals surface area contributed by atoms with E-state index in [0.29, 0.717) is 13.0 Å². The molecule has 1 aliphatic rings. The molecule has 0 atom stereocenters. The van der Waals surface area contributed by atoms with Gasteiger partial charge in [-0.2, -0.15) is 0 Å². The topological polar surface area (TPSA) is 82.3 Å². The van der Waals surface area contributed by atoms with Crippen molar-refractivity contribution in [2.75, 3.05) is 11.4 Å². The van der Waals surface area contributed by atoms with Gasteiger partial charge < -0.3 is 15.2 Å². The Morgan fingerprint density at radius 2 is 1.96 bits per heavy atom. The van der Waals surface area contributed by atoms with Crippen molar-refractivity contribution in [1.82, 2.24) is 10.3 Å². The molecule has 2 amide bonds. The van der Waals surface area contributed by atoms with Gasteiger partial charge in [-0.1, -0.05) is 12.1 Å². The number of rotatable bonds is 4. The lowest BCUT2D eigenvalue weighted by Gasteiger charge is -2.16. The average Bonchev–Trinajstić information content (AvgIpc) is 2.99. The Balaban J connectivity index is 1.63. The van der Waals surface area contributed by atoms with Gasteiger partial charge >= 0.3 is 0 Å². The predicted octanol–water partition coefficient (Wildman–Crippen LogP) is 1.43. The van der Waals surface area contributed by atoms with Gasteiger partial charge in [-0.25, -0.2) is 0 Å². The number of carbonyl (C=O) groups excluding carboxylic acids is 2. The number of pyridine rings is 1. The fourth-order valence-corrected chi connectivity index (χ4v) is 2.59. The van der Waals surface area contributed by atoms with E-state index < -0.39 is 11.5 Å². The third-order valence-electron chi connectivity index (χ3n) is 3.84. The first kappa shape index (κ1) is 15.0. The molecule has 23 heavy (non-hydrogen) atoms. The second kappa shape index (κ2) is 6.48. The molecule has 2 heterocycles. The van der Waals surface area contributed by atoms with Crippen LogP contribution >= 0.6 is 0 Å².